The van der Waals surface area contributed by atoms with Crippen LogP contribution in [0.25, 0.3) is 6.08 Å². The average molecular weight is 529 g/mol. The molecule has 2 rings (SSSR count). The first-order valence-electron chi connectivity index (χ1n) is 7.25. The molecule has 0 radical (unpaired) electrons. The Kier molecular flexibility index (Phi) is 7.24. The van der Waals surface area contributed by atoms with E-state index in [0.29, 0.717) is 23.6 Å². The third-order valence-electron chi connectivity index (χ3n) is 3.09. The number of ether oxygens (including phenoxy) is 1. The van der Waals surface area contributed by atoms with Crippen molar-refractivity contribution in [1.82, 2.24) is 0 Å². The molecule has 0 saturated carbocycles. The van der Waals surface area contributed by atoms with Gasteiger partial charge in [0.25, 0.3) is 5.91 Å². The summed E-state index contributed by atoms with van der Waals surface area (Å²) < 4.78 is 7.91. The number of amides is 1. The van der Waals surface area contributed by atoms with Crippen LogP contribution in [0.4, 0.5) is 5.69 Å². The molecule has 128 valence electrons. The summed E-state index contributed by atoms with van der Waals surface area (Å²) in [6.07, 6.45) is 1.53. The number of hydrogen-bond donors (Lipinski definition) is 1. The van der Waals surface area contributed by atoms with Crippen LogP contribution in [-0.4, -0.2) is 12.5 Å². The normalized spacial score (nSPS) is 10.9. The molecule has 0 bridgehead atoms. The summed E-state index contributed by atoms with van der Waals surface area (Å²) in [5.74, 6) is 0.212. The van der Waals surface area contributed by atoms with Gasteiger partial charge in [0.1, 0.15) is 17.4 Å². The van der Waals surface area contributed by atoms with Crippen molar-refractivity contribution in [1.29, 1.82) is 5.26 Å². The number of benzene rings is 2. The van der Waals surface area contributed by atoms with Gasteiger partial charge in [-0.05, 0) is 86.8 Å². The molecule has 2 aromatic carbocycles. The molecule has 0 spiro atoms. The van der Waals surface area contributed by atoms with Crippen molar-refractivity contribution in [3.8, 4) is 11.8 Å². The van der Waals surface area contributed by atoms with Crippen molar-refractivity contribution in [2.24, 2.45) is 0 Å². The van der Waals surface area contributed by atoms with Crippen LogP contribution in [-0.2, 0) is 4.79 Å². The Hall–Kier alpha value is -1.62. The standard InChI is InChI=1S/C18H13Br3N2O2/c1-2-25-17-15(20)8-11(9-16(17)21)7-12(10-22)18(24)23-14-5-3-13(19)4-6-14/h3-9H,2H2,1H3,(H,23,24)/b12-7-. The van der Waals surface area contributed by atoms with Crippen LogP contribution < -0.4 is 10.1 Å². The molecule has 0 aliphatic carbocycles. The summed E-state index contributed by atoms with van der Waals surface area (Å²) in [5.41, 5.74) is 1.32. The van der Waals surface area contributed by atoms with E-state index in [9.17, 15) is 10.1 Å². The topological polar surface area (TPSA) is 62.1 Å². The molecular weight excluding hydrogens is 516 g/mol. The van der Waals surface area contributed by atoms with E-state index in [2.05, 4.69) is 53.1 Å². The Bertz CT molecular complexity index is 833. The van der Waals surface area contributed by atoms with Gasteiger partial charge in [0, 0.05) is 10.2 Å². The molecule has 4 nitrogen and oxygen atoms in total. The highest BCUT2D eigenvalue weighted by molar-refractivity contribution is 9.11. The summed E-state index contributed by atoms with van der Waals surface area (Å²) in [6, 6.07) is 12.6. The highest BCUT2D eigenvalue weighted by Gasteiger charge is 2.12. The number of nitrogens with one attached hydrogen (secondary N) is 1. The van der Waals surface area contributed by atoms with Gasteiger partial charge in [0.15, 0.2) is 0 Å². The number of nitrogens with zero attached hydrogens (tertiary/aromatic N) is 1. The predicted octanol–water partition coefficient (Wildman–Crippen LogP) is 5.92. The molecule has 1 amide bonds. The van der Waals surface area contributed by atoms with Crippen LogP contribution in [0.2, 0.25) is 0 Å². The SMILES string of the molecule is CCOc1c(Br)cc(/C=C(/C#N)C(=O)Nc2ccc(Br)cc2)cc1Br. The maximum atomic E-state index is 12.3. The van der Waals surface area contributed by atoms with E-state index in [4.69, 9.17) is 4.74 Å². The molecule has 0 saturated heterocycles. The average Bonchev–Trinajstić information content (AvgIpc) is 2.58. The van der Waals surface area contributed by atoms with Crippen molar-refractivity contribution in [2.45, 2.75) is 6.92 Å². The molecule has 0 heterocycles. The van der Waals surface area contributed by atoms with Crippen LogP contribution in [0.1, 0.15) is 12.5 Å². The van der Waals surface area contributed by atoms with Gasteiger partial charge < -0.3 is 10.1 Å². The second kappa shape index (κ2) is 9.18. The lowest BCUT2D eigenvalue weighted by Crippen LogP contribution is -2.13. The molecule has 0 aliphatic heterocycles. The maximum Gasteiger partial charge on any atom is 0.266 e. The van der Waals surface area contributed by atoms with E-state index in [1.54, 1.807) is 24.3 Å². The van der Waals surface area contributed by atoms with Crippen molar-refractivity contribution >= 4 is 65.5 Å². The number of anilines is 1. The van der Waals surface area contributed by atoms with Crippen molar-refractivity contribution in [3.63, 3.8) is 0 Å². The van der Waals surface area contributed by atoms with Crippen LogP contribution in [0.15, 0.2) is 55.4 Å². The minimum absolute atomic E-state index is 0.00544. The lowest BCUT2D eigenvalue weighted by molar-refractivity contribution is -0.112. The molecule has 1 N–H and O–H groups in total. The van der Waals surface area contributed by atoms with Crippen LogP contribution >= 0.6 is 47.8 Å². The lowest BCUT2D eigenvalue weighted by atomic mass is 10.1. The second-order valence-electron chi connectivity index (χ2n) is 4.88. The highest BCUT2D eigenvalue weighted by atomic mass is 79.9. The minimum atomic E-state index is -0.467. The van der Waals surface area contributed by atoms with E-state index in [1.165, 1.54) is 6.08 Å². The Labute approximate surface area is 171 Å². The van der Waals surface area contributed by atoms with Crippen molar-refractivity contribution < 1.29 is 9.53 Å². The molecule has 0 fully saturated rings. The van der Waals surface area contributed by atoms with Crippen molar-refractivity contribution in [3.05, 3.63) is 61.0 Å². The monoisotopic (exact) mass is 526 g/mol. The Morgan fingerprint density at radius 1 is 1.20 bits per heavy atom. The van der Waals surface area contributed by atoms with Crippen molar-refractivity contribution in [2.75, 3.05) is 11.9 Å². The zero-order valence-corrected chi connectivity index (χ0v) is 17.9. The summed E-state index contributed by atoms with van der Waals surface area (Å²) >= 11 is 10.2. The number of nitriles is 1. The number of halogens is 3. The third kappa shape index (κ3) is 5.43. The van der Waals surface area contributed by atoms with E-state index in [0.717, 1.165) is 13.4 Å². The van der Waals surface area contributed by atoms with Crippen LogP contribution in [0, 0.1) is 11.3 Å². The van der Waals surface area contributed by atoms with Gasteiger partial charge >= 0.3 is 0 Å². The molecule has 2 aromatic rings. The lowest BCUT2D eigenvalue weighted by Gasteiger charge is -2.10. The van der Waals surface area contributed by atoms with E-state index < -0.39 is 5.91 Å². The number of rotatable bonds is 5. The number of hydrogen-bond acceptors (Lipinski definition) is 3. The fourth-order valence-electron chi connectivity index (χ4n) is 1.99. The Balaban J connectivity index is 2.26. The number of carbonyl (C=O) groups excluding carboxylic acids is 1. The third-order valence-corrected chi connectivity index (χ3v) is 4.79. The quantitative estimate of drug-likeness (QED) is 0.387. The van der Waals surface area contributed by atoms with Gasteiger partial charge in [-0.3, -0.25) is 4.79 Å². The smallest absolute Gasteiger partial charge is 0.266 e. The first-order chi connectivity index (χ1) is 11.9. The van der Waals surface area contributed by atoms with Gasteiger partial charge in [-0.15, -0.1) is 0 Å². The van der Waals surface area contributed by atoms with Gasteiger partial charge in [0.05, 0.1) is 15.6 Å². The predicted molar refractivity (Wildman–Crippen MR) is 109 cm³/mol. The molecule has 0 aromatic heterocycles. The van der Waals surface area contributed by atoms with E-state index in [1.807, 2.05) is 25.1 Å². The molecule has 25 heavy (non-hydrogen) atoms. The Morgan fingerprint density at radius 3 is 2.32 bits per heavy atom. The van der Waals surface area contributed by atoms with Gasteiger partial charge in [-0.25, -0.2) is 0 Å². The van der Waals surface area contributed by atoms with Gasteiger partial charge in [0.2, 0.25) is 0 Å². The molecular formula is C18H13Br3N2O2. The summed E-state index contributed by atoms with van der Waals surface area (Å²) in [7, 11) is 0. The fourth-order valence-corrected chi connectivity index (χ4v) is 3.71. The number of carbonyl (C=O) groups is 1. The maximum absolute atomic E-state index is 12.3. The molecule has 0 aliphatic rings. The minimum Gasteiger partial charge on any atom is -0.492 e. The second-order valence-corrected chi connectivity index (χ2v) is 7.50. The molecule has 7 heteroatoms. The van der Waals surface area contributed by atoms with E-state index in [-0.39, 0.29) is 5.57 Å². The summed E-state index contributed by atoms with van der Waals surface area (Å²) in [6.45, 7) is 2.43. The summed E-state index contributed by atoms with van der Waals surface area (Å²) in [5, 5.41) is 12.0. The first-order valence-corrected chi connectivity index (χ1v) is 9.63. The van der Waals surface area contributed by atoms with E-state index >= 15 is 0 Å². The van der Waals surface area contributed by atoms with Gasteiger partial charge in [-0.1, -0.05) is 15.9 Å². The zero-order chi connectivity index (χ0) is 18.4. The fraction of sp³-hybridized carbons (Fsp3) is 0.111. The molecule has 0 unspecified atom stereocenters. The Morgan fingerprint density at radius 2 is 1.80 bits per heavy atom. The molecule has 0 atom stereocenters. The first kappa shape index (κ1) is 19.7. The van der Waals surface area contributed by atoms with Crippen LogP contribution in [0.5, 0.6) is 5.75 Å². The summed E-state index contributed by atoms with van der Waals surface area (Å²) in [4.78, 5) is 12.3. The van der Waals surface area contributed by atoms with Gasteiger partial charge in [-0.2, -0.15) is 5.26 Å². The highest BCUT2D eigenvalue weighted by Crippen LogP contribution is 2.35. The zero-order valence-electron chi connectivity index (χ0n) is 13.1. The van der Waals surface area contributed by atoms with Crippen LogP contribution in [0.3, 0.4) is 0 Å². The largest absolute Gasteiger partial charge is 0.492 e.